The number of hydrogen-bond acceptors (Lipinski definition) is 1. The Hall–Kier alpha value is -0.580. The van der Waals surface area contributed by atoms with E-state index in [0.29, 0.717) is 12.3 Å². The number of hydrogen-bond donors (Lipinski definition) is 0. The largest absolute Gasteiger partial charge is 0.312 e. The molecular weight excluding hydrogens is 337 g/mol. The van der Waals surface area contributed by atoms with Crippen LogP contribution in [0.4, 0.5) is 5.69 Å². The second-order valence-corrected chi connectivity index (χ2v) is 6.60. The van der Waals surface area contributed by atoms with Crippen molar-refractivity contribution in [1.29, 1.82) is 0 Å². The number of nitrogens with zero attached hydrogens (tertiary/aromatic N) is 1. The quantitative estimate of drug-likeness (QED) is 0.746. The Morgan fingerprint density at radius 1 is 1.33 bits per heavy atom. The molecule has 1 aliphatic rings. The van der Waals surface area contributed by atoms with Crippen LogP contribution in [0.15, 0.2) is 18.2 Å². The van der Waals surface area contributed by atoms with Crippen LogP contribution in [0.3, 0.4) is 0 Å². The van der Waals surface area contributed by atoms with Gasteiger partial charge in [0.2, 0.25) is 5.91 Å². The molecule has 3 heteroatoms. The lowest BCUT2D eigenvalue weighted by atomic mass is 10.0. The van der Waals surface area contributed by atoms with Crippen molar-refractivity contribution in [1.82, 2.24) is 0 Å². The van der Waals surface area contributed by atoms with Crippen molar-refractivity contribution in [3.8, 4) is 0 Å². The fraction of sp³-hybridized carbons (Fsp3) is 0.533. The van der Waals surface area contributed by atoms with Crippen molar-refractivity contribution >= 4 is 34.2 Å². The van der Waals surface area contributed by atoms with Crippen LogP contribution < -0.4 is 4.90 Å². The van der Waals surface area contributed by atoms with E-state index < -0.39 is 0 Å². The van der Waals surface area contributed by atoms with Crippen molar-refractivity contribution in [2.24, 2.45) is 5.92 Å². The highest BCUT2D eigenvalue weighted by Gasteiger charge is 2.23. The summed E-state index contributed by atoms with van der Waals surface area (Å²) in [5.41, 5.74) is 2.46. The minimum absolute atomic E-state index is 0.285. The highest BCUT2D eigenvalue weighted by molar-refractivity contribution is 14.1. The maximum atomic E-state index is 12.0. The molecule has 1 aliphatic heterocycles. The van der Waals surface area contributed by atoms with Gasteiger partial charge in [-0.2, -0.15) is 0 Å². The molecule has 0 saturated carbocycles. The van der Waals surface area contributed by atoms with Gasteiger partial charge in [0.15, 0.2) is 0 Å². The van der Waals surface area contributed by atoms with E-state index in [1.807, 2.05) is 4.90 Å². The average molecular weight is 357 g/mol. The smallest absolute Gasteiger partial charge is 0.227 e. The molecule has 0 radical (unpaired) electrons. The maximum Gasteiger partial charge on any atom is 0.227 e. The Labute approximate surface area is 123 Å². The number of amides is 1. The van der Waals surface area contributed by atoms with Crippen molar-refractivity contribution in [2.75, 3.05) is 11.4 Å². The van der Waals surface area contributed by atoms with E-state index in [2.05, 4.69) is 54.6 Å². The third kappa shape index (κ3) is 3.25. The maximum absolute atomic E-state index is 12.0. The van der Waals surface area contributed by atoms with Crippen LogP contribution in [0.5, 0.6) is 0 Å². The molecule has 0 N–H and O–H groups in total. The fourth-order valence-electron chi connectivity index (χ4n) is 2.43. The monoisotopic (exact) mass is 357 g/mol. The van der Waals surface area contributed by atoms with Crippen LogP contribution in [0.1, 0.15) is 38.7 Å². The molecular formula is C15H20INO. The summed E-state index contributed by atoms with van der Waals surface area (Å²) in [5.74, 6) is 0.994. The van der Waals surface area contributed by atoms with Crippen LogP contribution in [-0.4, -0.2) is 12.5 Å². The van der Waals surface area contributed by atoms with Gasteiger partial charge in [0, 0.05) is 22.2 Å². The predicted octanol–water partition coefficient (Wildman–Crippen LogP) is 4.01. The van der Waals surface area contributed by atoms with Crippen LogP contribution >= 0.6 is 22.6 Å². The summed E-state index contributed by atoms with van der Waals surface area (Å²) in [5, 5.41) is 0. The molecule has 2 rings (SSSR count). The van der Waals surface area contributed by atoms with Gasteiger partial charge in [-0.3, -0.25) is 4.79 Å². The third-order valence-corrected chi connectivity index (χ3v) is 4.08. The van der Waals surface area contributed by atoms with E-state index in [1.165, 1.54) is 15.6 Å². The second-order valence-electron chi connectivity index (χ2n) is 5.35. The Morgan fingerprint density at radius 3 is 2.83 bits per heavy atom. The molecule has 0 bridgehead atoms. The second kappa shape index (κ2) is 6.04. The summed E-state index contributed by atoms with van der Waals surface area (Å²) in [6.07, 6.45) is 3.83. The molecule has 0 saturated heterocycles. The number of halogens is 1. The van der Waals surface area contributed by atoms with Crippen LogP contribution in [0.25, 0.3) is 0 Å². The van der Waals surface area contributed by atoms with Crippen LogP contribution in [-0.2, 0) is 11.2 Å². The minimum atomic E-state index is 0.285. The van der Waals surface area contributed by atoms with E-state index >= 15 is 0 Å². The first kappa shape index (κ1) is 13.8. The topological polar surface area (TPSA) is 20.3 Å². The summed E-state index contributed by atoms with van der Waals surface area (Å²) >= 11 is 2.33. The highest BCUT2D eigenvalue weighted by Crippen LogP contribution is 2.29. The van der Waals surface area contributed by atoms with Gasteiger partial charge in [0.1, 0.15) is 0 Å². The number of anilines is 1. The van der Waals surface area contributed by atoms with Crippen LogP contribution in [0.2, 0.25) is 0 Å². The Morgan fingerprint density at radius 2 is 2.11 bits per heavy atom. The molecule has 0 aliphatic carbocycles. The summed E-state index contributed by atoms with van der Waals surface area (Å²) in [7, 11) is 0. The zero-order valence-corrected chi connectivity index (χ0v) is 13.2. The van der Waals surface area contributed by atoms with Gasteiger partial charge in [-0.15, -0.1) is 0 Å². The van der Waals surface area contributed by atoms with E-state index in [0.717, 1.165) is 25.1 Å². The molecule has 1 amide bonds. The normalized spacial score (nSPS) is 15.1. The van der Waals surface area contributed by atoms with Crippen molar-refractivity contribution in [2.45, 2.75) is 39.5 Å². The zero-order chi connectivity index (χ0) is 13.1. The van der Waals surface area contributed by atoms with Crippen molar-refractivity contribution in [3.63, 3.8) is 0 Å². The molecule has 0 unspecified atom stereocenters. The zero-order valence-electron chi connectivity index (χ0n) is 11.1. The first-order valence-electron chi connectivity index (χ1n) is 6.66. The molecule has 0 aromatic heterocycles. The first-order valence-corrected chi connectivity index (χ1v) is 7.74. The molecule has 1 aromatic carbocycles. The Bertz CT molecular complexity index is 442. The van der Waals surface area contributed by atoms with Crippen molar-refractivity contribution in [3.05, 3.63) is 27.3 Å². The van der Waals surface area contributed by atoms with Crippen molar-refractivity contribution < 1.29 is 4.79 Å². The minimum Gasteiger partial charge on any atom is -0.312 e. The number of carbonyl (C=O) groups is 1. The summed E-state index contributed by atoms with van der Waals surface area (Å²) < 4.78 is 1.25. The number of aryl methyl sites for hydroxylation is 1. The third-order valence-electron chi connectivity index (χ3n) is 3.40. The van der Waals surface area contributed by atoms with Crippen LogP contribution in [0, 0.1) is 9.49 Å². The Balaban J connectivity index is 2.12. The number of rotatable bonds is 4. The summed E-state index contributed by atoms with van der Waals surface area (Å²) in [6, 6.07) is 6.40. The van der Waals surface area contributed by atoms with Gasteiger partial charge < -0.3 is 4.90 Å². The standard InChI is InChI=1S/C15H20INO/c1-11(2)4-3-9-17-14-7-6-13(16)10-12(14)5-8-15(17)18/h6-7,10-11H,3-5,8-9H2,1-2H3. The van der Waals surface area contributed by atoms with Gasteiger partial charge in [-0.25, -0.2) is 0 Å². The van der Waals surface area contributed by atoms with E-state index in [4.69, 9.17) is 0 Å². The predicted molar refractivity (Wildman–Crippen MR) is 83.9 cm³/mol. The summed E-state index contributed by atoms with van der Waals surface area (Å²) in [6.45, 7) is 5.33. The van der Waals surface area contributed by atoms with E-state index in [1.54, 1.807) is 0 Å². The van der Waals surface area contributed by atoms with Gasteiger partial charge in [-0.05, 0) is 71.5 Å². The van der Waals surface area contributed by atoms with Gasteiger partial charge >= 0.3 is 0 Å². The number of fused-ring (bicyclic) bond motifs is 1. The molecule has 18 heavy (non-hydrogen) atoms. The fourth-order valence-corrected chi connectivity index (χ4v) is 2.99. The molecule has 0 spiro atoms. The molecule has 0 atom stereocenters. The Kier molecular flexibility index (Phi) is 4.65. The molecule has 2 nitrogen and oxygen atoms in total. The molecule has 0 fully saturated rings. The van der Waals surface area contributed by atoms with Gasteiger partial charge in [-0.1, -0.05) is 13.8 Å². The number of carbonyl (C=O) groups excluding carboxylic acids is 1. The first-order chi connectivity index (χ1) is 8.58. The average Bonchev–Trinajstić information content (AvgIpc) is 2.31. The summed E-state index contributed by atoms with van der Waals surface area (Å²) in [4.78, 5) is 14.0. The van der Waals surface area contributed by atoms with E-state index in [9.17, 15) is 4.79 Å². The van der Waals surface area contributed by atoms with Gasteiger partial charge in [0.25, 0.3) is 0 Å². The van der Waals surface area contributed by atoms with Gasteiger partial charge in [0.05, 0.1) is 0 Å². The molecule has 1 aromatic rings. The highest BCUT2D eigenvalue weighted by atomic mass is 127. The molecule has 1 heterocycles. The lowest BCUT2D eigenvalue weighted by Crippen LogP contribution is -2.36. The SMILES string of the molecule is CC(C)CCCN1C(=O)CCc2cc(I)ccc21. The van der Waals surface area contributed by atoms with E-state index in [-0.39, 0.29) is 5.91 Å². The lowest BCUT2D eigenvalue weighted by Gasteiger charge is -2.29. The lowest BCUT2D eigenvalue weighted by molar-refractivity contribution is -0.118. The number of benzene rings is 1. The molecule has 98 valence electrons.